The van der Waals surface area contributed by atoms with Gasteiger partial charge in [-0.1, -0.05) is 35.9 Å². The van der Waals surface area contributed by atoms with Gasteiger partial charge in [-0.2, -0.15) is 0 Å². The number of hydrogen-bond acceptors (Lipinski definition) is 2. The number of benzene rings is 1. The molecule has 1 aromatic carbocycles. The molecule has 1 saturated heterocycles. The first-order valence-corrected chi connectivity index (χ1v) is 8.74. The summed E-state index contributed by atoms with van der Waals surface area (Å²) >= 11 is 6.02. The molecule has 24 heavy (non-hydrogen) atoms. The maximum Gasteiger partial charge on any atom is 0.270 e. The van der Waals surface area contributed by atoms with Crippen molar-refractivity contribution in [3.63, 3.8) is 0 Å². The van der Waals surface area contributed by atoms with Crippen molar-refractivity contribution >= 4 is 11.6 Å². The Hall–Kier alpha value is -1.23. The number of hydrogen-bond donors (Lipinski definition) is 1. The molecule has 1 N–H and O–H groups in total. The topological polar surface area (TPSA) is 15.3 Å². The zero-order chi connectivity index (χ0) is 17.3. The van der Waals surface area contributed by atoms with Gasteiger partial charge < -0.3 is 5.32 Å². The standard InChI is InChI=1S/C19H23ClF2N2/c1-13-12-24(14(2)11-23-13)18(15-5-7-17(20)8-6-15)16-4-3-9-19(21,22)10-16/h3-9,13-14,18,23H,10-12H2,1-2H3/t13-,14+,18?/m0/s1. The summed E-state index contributed by atoms with van der Waals surface area (Å²) in [6.45, 7) is 5.94. The van der Waals surface area contributed by atoms with Crippen molar-refractivity contribution in [2.24, 2.45) is 0 Å². The van der Waals surface area contributed by atoms with E-state index in [9.17, 15) is 8.78 Å². The van der Waals surface area contributed by atoms with Crippen LogP contribution in [-0.2, 0) is 0 Å². The minimum atomic E-state index is -2.78. The lowest BCUT2D eigenvalue weighted by Gasteiger charge is -2.44. The quantitative estimate of drug-likeness (QED) is 0.856. The van der Waals surface area contributed by atoms with Crippen LogP contribution in [0.5, 0.6) is 0 Å². The van der Waals surface area contributed by atoms with E-state index >= 15 is 0 Å². The molecule has 0 bridgehead atoms. The Morgan fingerprint density at radius 3 is 2.62 bits per heavy atom. The van der Waals surface area contributed by atoms with Crippen LogP contribution in [0.3, 0.4) is 0 Å². The monoisotopic (exact) mass is 352 g/mol. The molecule has 0 radical (unpaired) electrons. The predicted molar refractivity (Wildman–Crippen MR) is 94.6 cm³/mol. The fraction of sp³-hybridized carbons (Fsp3) is 0.474. The molecule has 0 saturated carbocycles. The molecule has 1 heterocycles. The highest BCUT2D eigenvalue weighted by molar-refractivity contribution is 6.30. The van der Waals surface area contributed by atoms with Gasteiger partial charge in [0.25, 0.3) is 5.92 Å². The average molecular weight is 353 g/mol. The van der Waals surface area contributed by atoms with Crippen molar-refractivity contribution in [3.8, 4) is 0 Å². The maximum absolute atomic E-state index is 14.0. The summed E-state index contributed by atoms with van der Waals surface area (Å²) < 4.78 is 27.9. The van der Waals surface area contributed by atoms with Crippen molar-refractivity contribution in [1.82, 2.24) is 10.2 Å². The van der Waals surface area contributed by atoms with E-state index in [1.54, 1.807) is 0 Å². The van der Waals surface area contributed by atoms with E-state index < -0.39 is 5.92 Å². The molecule has 1 unspecified atom stereocenters. The van der Waals surface area contributed by atoms with Crippen molar-refractivity contribution in [3.05, 3.63) is 58.7 Å². The van der Waals surface area contributed by atoms with Crippen LogP contribution >= 0.6 is 11.6 Å². The van der Waals surface area contributed by atoms with Gasteiger partial charge in [0, 0.05) is 36.6 Å². The normalized spacial score (nSPS) is 28.5. The lowest BCUT2D eigenvalue weighted by atomic mass is 9.88. The van der Waals surface area contributed by atoms with Crippen LogP contribution in [0.15, 0.2) is 48.1 Å². The van der Waals surface area contributed by atoms with Gasteiger partial charge in [-0.25, -0.2) is 8.78 Å². The molecule has 5 heteroatoms. The molecule has 1 aliphatic carbocycles. The predicted octanol–water partition coefficient (Wildman–Crippen LogP) is 4.58. The van der Waals surface area contributed by atoms with Gasteiger partial charge in [0.1, 0.15) is 0 Å². The smallest absolute Gasteiger partial charge is 0.270 e. The molecule has 3 atom stereocenters. The Labute approximate surface area is 147 Å². The number of halogens is 3. The van der Waals surface area contributed by atoms with Gasteiger partial charge >= 0.3 is 0 Å². The minimum Gasteiger partial charge on any atom is -0.311 e. The number of nitrogens with zero attached hydrogens (tertiary/aromatic N) is 1. The molecule has 0 spiro atoms. The second kappa shape index (κ2) is 6.95. The van der Waals surface area contributed by atoms with Gasteiger partial charge in [0.2, 0.25) is 0 Å². The van der Waals surface area contributed by atoms with Gasteiger partial charge in [-0.3, -0.25) is 4.90 Å². The summed E-state index contributed by atoms with van der Waals surface area (Å²) in [5.74, 6) is -2.78. The molecular formula is C19H23ClF2N2. The first-order valence-electron chi connectivity index (χ1n) is 8.36. The molecule has 130 valence electrons. The first kappa shape index (κ1) is 17.6. The third-order valence-corrected chi connectivity index (χ3v) is 5.02. The summed E-state index contributed by atoms with van der Waals surface area (Å²) in [7, 11) is 0. The molecule has 1 aromatic rings. The lowest BCUT2D eigenvalue weighted by Crippen LogP contribution is -2.55. The van der Waals surface area contributed by atoms with Crippen LogP contribution in [0.4, 0.5) is 8.78 Å². The van der Waals surface area contributed by atoms with Gasteiger partial charge in [0.05, 0.1) is 6.04 Å². The summed E-state index contributed by atoms with van der Waals surface area (Å²) in [5.41, 5.74) is 1.77. The molecule has 0 amide bonds. The van der Waals surface area contributed by atoms with Crippen molar-refractivity contribution in [1.29, 1.82) is 0 Å². The Morgan fingerprint density at radius 1 is 1.25 bits per heavy atom. The molecule has 3 rings (SSSR count). The van der Waals surface area contributed by atoms with Crippen LogP contribution in [0, 0.1) is 0 Å². The van der Waals surface area contributed by atoms with Crippen LogP contribution in [0.1, 0.15) is 31.9 Å². The van der Waals surface area contributed by atoms with E-state index in [1.165, 1.54) is 6.08 Å². The third kappa shape index (κ3) is 3.88. The Bertz CT molecular complexity index is 639. The number of allylic oxidation sites excluding steroid dienone is 3. The van der Waals surface area contributed by atoms with E-state index in [0.29, 0.717) is 11.1 Å². The van der Waals surface area contributed by atoms with Gasteiger partial charge in [-0.05, 0) is 43.2 Å². The number of alkyl halides is 2. The molecule has 1 aliphatic heterocycles. The fourth-order valence-corrected chi connectivity index (χ4v) is 3.69. The molecule has 2 aliphatic rings. The zero-order valence-electron chi connectivity index (χ0n) is 14.0. The van der Waals surface area contributed by atoms with E-state index in [2.05, 4.69) is 24.1 Å². The summed E-state index contributed by atoms with van der Waals surface area (Å²) in [5, 5.41) is 4.11. The van der Waals surface area contributed by atoms with Crippen molar-refractivity contribution in [2.45, 2.75) is 44.3 Å². The molecule has 2 nitrogen and oxygen atoms in total. The SMILES string of the molecule is C[C@@H]1CN[C@@H](C)CN1C(C1=CC=CC(F)(F)C1)c1ccc(Cl)cc1. The van der Waals surface area contributed by atoms with Crippen molar-refractivity contribution < 1.29 is 8.78 Å². The molecule has 0 aromatic heterocycles. The second-order valence-corrected chi connectivity index (χ2v) is 7.28. The highest BCUT2D eigenvalue weighted by Crippen LogP contribution is 2.40. The first-order chi connectivity index (χ1) is 11.4. The third-order valence-electron chi connectivity index (χ3n) is 4.77. The van der Waals surface area contributed by atoms with Crippen molar-refractivity contribution in [2.75, 3.05) is 13.1 Å². The summed E-state index contributed by atoms with van der Waals surface area (Å²) in [4.78, 5) is 2.32. The highest BCUT2D eigenvalue weighted by atomic mass is 35.5. The summed E-state index contributed by atoms with van der Waals surface area (Å²) in [6.07, 6.45) is 4.08. The minimum absolute atomic E-state index is 0.155. The number of rotatable bonds is 3. The van der Waals surface area contributed by atoms with E-state index in [4.69, 9.17) is 11.6 Å². The van der Waals surface area contributed by atoms with E-state index in [-0.39, 0.29) is 18.5 Å². The average Bonchev–Trinajstić information content (AvgIpc) is 2.52. The Balaban J connectivity index is 1.99. The molecule has 1 fully saturated rings. The summed E-state index contributed by atoms with van der Waals surface area (Å²) in [6, 6.07) is 8.00. The number of piperazine rings is 1. The number of nitrogens with one attached hydrogen (secondary N) is 1. The fourth-order valence-electron chi connectivity index (χ4n) is 3.56. The van der Waals surface area contributed by atoms with E-state index in [1.807, 2.05) is 30.3 Å². The lowest BCUT2D eigenvalue weighted by molar-refractivity contribution is 0.0430. The molecular weight excluding hydrogens is 330 g/mol. The second-order valence-electron chi connectivity index (χ2n) is 6.85. The largest absolute Gasteiger partial charge is 0.311 e. The van der Waals surface area contributed by atoms with E-state index in [0.717, 1.165) is 30.3 Å². The van der Waals surface area contributed by atoms with Gasteiger partial charge in [-0.15, -0.1) is 0 Å². The Kier molecular flexibility index (Phi) is 5.09. The van der Waals surface area contributed by atoms with Crippen LogP contribution in [0.25, 0.3) is 0 Å². The van der Waals surface area contributed by atoms with Crippen LogP contribution < -0.4 is 5.32 Å². The van der Waals surface area contributed by atoms with Crippen LogP contribution in [0.2, 0.25) is 5.02 Å². The van der Waals surface area contributed by atoms with Crippen LogP contribution in [-0.4, -0.2) is 36.0 Å². The zero-order valence-corrected chi connectivity index (χ0v) is 14.7. The highest BCUT2D eigenvalue weighted by Gasteiger charge is 2.37. The van der Waals surface area contributed by atoms with Gasteiger partial charge in [0.15, 0.2) is 0 Å². The maximum atomic E-state index is 14.0. The Morgan fingerprint density at radius 2 is 1.96 bits per heavy atom.